The lowest BCUT2D eigenvalue weighted by molar-refractivity contribution is 0.102. The summed E-state index contributed by atoms with van der Waals surface area (Å²) in [4.78, 5) is 16.0. The molecule has 0 bridgehead atoms. The Morgan fingerprint density at radius 1 is 0.826 bits per heavy atom. The maximum Gasteiger partial charge on any atom is 0.257 e. The molecule has 23 heavy (non-hydrogen) atoms. The largest absolute Gasteiger partial charge is 0.356 e. The van der Waals surface area contributed by atoms with Crippen LogP contribution in [0.3, 0.4) is 0 Å². The van der Waals surface area contributed by atoms with Gasteiger partial charge in [0.1, 0.15) is 5.15 Å². The lowest BCUT2D eigenvalue weighted by Gasteiger charge is -2.08. The van der Waals surface area contributed by atoms with Crippen LogP contribution in [0.1, 0.15) is 10.4 Å². The number of halogens is 1. The van der Waals surface area contributed by atoms with Crippen LogP contribution in [0, 0.1) is 0 Å². The molecule has 0 unspecified atom stereocenters. The van der Waals surface area contributed by atoms with Gasteiger partial charge in [-0.3, -0.25) is 4.79 Å². The Labute approximate surface area is 139 Å². The minimum atomic E-state index is -0.224. The molecule has 0 saturated heterocycles. The van der Waals surface area contributed by atoms with E-state index in [-0.39, 0.29) is 5.91 Å². The zero-order valence-corrected chi connectivity index (χ0v) is 12.9. The minimum Gasteiger partial charge on any atom is -0.356 e. The van der Waals surface area contributed by atoms with Gasteiger partial charge >= 0.3 is 0 Å². The van der Waals surface area contributed by atoms with Gasteiger partial charge < -0.3 is 10.6 Å². The van der Waals surface area contributed by atoms with Gasteiger partial charge in [0, 0.05) is 23.3 Å². The molecule has 1 heterocycles. The molecule has 0 aliphatic heterocycles. The summed E-state index contributed by atoms with van der Waals surface area (Å²) >= 11 is 5.71. The maximum absolute atomic E-state index is 12.1. The predicted molar refractivity (Wildman–Crippen MR) is 93.4 cm³/mol. The Balaban J connectivity index is 1.65. The quantitative estimate of drug-likeness (QED) is 0.682. The summed E-state index contributed by atoms with van der Waals surface area (Å²) in [6, 6.07) is 20.6. The van der Waals surface area contributed by atoms with E-state index in [0.29, 0.717) is 16.4 Å². The van der Waals surface area contributed by atoms with Crippen molar-refractivity contribution in [3.8, 4) is 0 Å². The lowest BCUT2D eigenvalue weighted by atomic mass is 10.2. The summed E-state index contributed by atoms with van der Waals surface area (Å²) in [7, 11) is 0. The van der Waals surface area contributed by atoms with Gasteiger partial charge in [-0.1, -0.05) is 29.8 Å². The second-order valence-corrected chi connectivity index (χ2v) is 5.28. The molecule has 114 valence electrons. The summed E-state index contributed by atoms with van der Waals surface area (Å²) < 4.78 is 0. The third-order valence-corrected chi connectivity index (χ3v) is 3.42. The molecule has 2 aromatic carbocycles. The predicted octanol–water partition coefficient (Wildman–Crippen LogP) is 4.73. The van der Waals surface area contributed by atoms with E-state index in [2.05, 4.69) is 15.6 Å². The van der Waals surface area contributed by atoms with E-state index in [1.54, 1.807) is 12.1 Å². The second-order valence-electron chi connectivity index (χ2n) is 4.89. The van der Waals surface area contributed by atoms with E-state index in [1.165, 1.54) is 6.20 Å². The van der Waals surface area contributed by atoms with Crippen LogP contribution in [0.5, 0.6) is 0 Å². The Hall–Kier alpha value is -2.85. The van der Waals surface area contributed by atoms with E-state index in [9.17, 15) is 4.79 Å². The molecule has 3 rings (SSSR count). The van der Waals surface area contributed by atoms with Crippen molar-refractivity contribution >= 4 is 34.6 Å². The number of aromatic nitrogens is 1. The van der Waals surface area contributed by atoms with E-state index in [0.717, 1.165) is 11.4 Å². The Kier molecular flexibility index (Phi) is 4.54. The highest BCUT2D eigenvalue weighted by Gasteiger charge is 2.06. The van der Waals surface area contributed by atoms with Crippen LogP contribution in [0.25, 0.3) is 0 Å². The van der Waals surface area contributed by atoms with Gasteiger partial charge in [0.2, 0.25) is 0 Å². The third-order valence-electron chi connectivity index (χ3n) is 3.19. The van der Waals surface area contributed by atoms with E-state index in [1.807, 2.05) is 54.6 Å². The zero-order valence-electron chi connectivity index (χ0n) is 12.2. The Bertz CT molecular complexity index is 787. The molecule has 0 aliphatic rings. The summed E-state index contributed by atoms with van der Waals surface area (Å²) in [5.41, 5.74) is 3.13. The van der Waals surface area contributed by atoms with Gasteiger partial charge in [-0.25, -0.2) is 4.98 Å². The van der Waals surface area contributed by atoms with E-state index in [4.69, 9.17) is 11.6 Å². The van der Waals surface area contributed by atoms with Crippen LogP contribution in [0.4, 0.5) is 17.1 Å². The summed E-state index contributed by atoms with van der Waals surface area (Å²) in [5, 5.41) is 6.46. The van der Waals surface area contributed by atoms with Gasteiger partial charge in [0.15, 0.2) is 0 Å². The van der Waals surface area contributed by atoms with Gasteiger partial charge in [-0.15, -0.1) is 0 Å². The van der Waals surface area contributed by atoms with Crippen molar-refractivity contribution in [1.29, 1.82) is 0 Å². The van der Waals surface area contributed by atoms with Gasteiger partial charge in [-0.2, -0.15) is 0 Å². The molecule has 1 aromatic heterocycles. The maximum atomic E-state index is 12.1. The van der Waals surface area contributed by atoms with E-state index >= 15 is 0 Å². The number of carbonyl (C=O) groups is 1. The Morgan fingerprint density at radius 3 is 2.13 bits per heavy atom. The lowest BCUT2D eigenvalue weighted by Crippen LogP contribution is -2.12. The number of rotatable bonds is 4. The average molecular weight is 324 g/mol. The number of pyridine rings is 1. The van der Waals surface area contributed by atoms with Crippen molar-refractivity contribution in [2.45, 2.75) is 0 Å². The fraction of sp³-hybridized carbons (Fsp3) is 0. The van der Waals surface area contributed by atoms with Crippen molar-refractivity contribution in [1.82, 2.24) is 4.98 Å². The molecular weight excluding hydrogens is 310 g/mol. The molecule has 3 aromatic rings. The van der Waals surface area contributed by atoms with Crippen LogP contribution >= 0.6 is 11.6 Å². The summed E-state index contributed by atoms with van der Waals surface area (Å²) in [6.45, 7) is 0. The fourth-order valence-electron chi connectivity index (χ4n) is 2.04. The molecule has 0 fully saturated rings. The van der Waals surface area contributed by atoms with E-state index < -0.39 is 0 Å². The Morgan fingerprint density at radius 2 is 1.48 bits per heavy atom. The first-order chi connectivity index (χ1) is 11.2. The fourth-order valence-corrected chi connectivity index (χ4v) is 2.15. The van der Waals surface area contributed by atoms with Crippen LogP contribution in [0.2, 0.25) is 5.15 Å². The monoisotopic (exact) mass is 323 g/mol. The smallest absolute Gasteiger partial charge is 0.257 e. The number of amides is 1. The zero-order chi connectivity index (χ0) is 16.1. The molecule has 1 amide bonds. The van der Waals surface area contributed by atoms with Gasteiger partial charge in [0.25, 0.3) is 5.91 Å². The second kappa shape index (κ2) is 6.94. The molecule has 5 heteroatoms. The average Bonchev–Trinajstić information content (AvgIpc) is 2.58. The molecule has 0 saturated carbocycles. The SMILES string of the molecule is O=C(Nc1ccc(Nc2ccccc2)cc1)c1ccc(Cl)nc1. The van der Waals surface area contributed by atoms with Gasteiger partial charge in [-0.05, 0) is 48.5 Å². The first kappa shape index (κ1) is 15.1. The summed E-state index contributed by atoms with van der Waals surface area (Å²) in [6.07, 6.45) is 1.45. The number of anilines is 3. The molecule has 0 spiro atoms. The normalized spacial score (nSPS) is 10.1. The number of para-hydroxylation sites is 1. The standard InChI is InChI=1S/C18H14ClN3O/c19-17-11-6-13(12-20-17)18(23)22-16-9-7-15(8-10-16)21-14-4-2-1-3-5-14/h1-12,21H,(H,22,23). The van der Waals surface area contributed by atoms with Crippen molar-refractivity contribution in [3.63, 3.8) is 0 Å². The van der Waals surface area contributed by atoms with Crippen molar-refractivity contribution in [2.24, 2.45) is 0 Å². The first-order valence-electron chi connectivity index (χ1n) is 7.06. The first-order valence-corrected chi connectivity index (χ1v) is 7.43. The van der Waals surface area contributed by atoms with Crippen molar-refractivity contribution in [3.05, 3.63) is 83.6 Å². The van der Waals surface area contributed by atoms with Crippen molar-refractivity contribution in [2.75, 3.05) is 10.6 Å². The minimum absolute atomic E-state index is 0.224. The highest BCUT2D eigenvalue weighted by molar-refractivity contribution is 6.29. The molecule has 4 nitrogen and oxygen atoms in total. The third kappa shape index (κ3) is 4.08. The molecule has 2 N–H and O–H groups in total. The topological polar surface area (TPSA) is 54.0 Å². The highest BCUT2D eigenvalue weighted by atomic mass is 35.5. The number of carbonyl (C=O) groups excluding carboxylic acids is 1. The van der Waals surface area contributed by atoms with Gasteiger partial charge in [0.05, 0.1) is 5.56 Å². The molecular formula is C18H14ClN3O. The molecule has 0 radical (unpaired) electrons. The van der Waals surface area contributed by atoms with Crippen LogP contribution < -0.4 is 10.6 Å². The number of benzene rings is 2. The number of hydrogen-bond donors (Lipinski definition) is 2. The highest BCUT2D eigenvalue weighted by Crippen LogP contribution is 2.19. The molecule has 0 atom stereocenters. The molecule has 0 aliphatic carbocycles. The van der Waals surface area contributed by atoms with Crippen LogP contribution in [-0.2, 0) is 0 Å². The van der Waals surface area contributed by atoms with Crippen LogP contribution in [0.15, 0.2) is 72.9 Å². The van der Waals surface area contributed by atoms with Crippen LogP contribution in [-0.4, -0.2) is 10.9 Å². The van der Waals surface area contributed by atoms with Crippen molar-refractivity contribution < 1.29 is 4.79 Å². The number of nitrogens with one attached hydrogen (secondary N) is 2. The number of nitrogens with zero attached hydrogens (tertiary/aromatic N) is 1. The summed E-state index contributed by atoms with van der Waals surface area (Å²) in [5.74, 6) is -0.224. The number of hydrogen-bond acceptors (Lipinski definition) is 3.